The Hall–Kier alpha value is -1.61. The van der Waals surface area contributed by atoms with Gasteiger partial charge in [0.15, 0.2) is 0 Å². The van der Waals surface area contributed by atoms with Crippen LogP contribution < -0.4 is 5.32 Å². The quantitative estimate of drug-likeness (QED) is 0.895. The molecule has 1 aromatic carbocycles. The van der Waals surface area contributed by atoms with E-state index in [9.17, 15) is 0 Å². The van der Waals surface area contributed by atoms with E-state index in [0.29, 0.717) is 6.04 Å². The predicted molar refractivity (Wildman–Crippen MR) is 73.3 cm³/mol. The second-order valence-electron chi connectivity index (χ2n) is 4.96. The Morgan fingerprint density at radius 2 is 2.06 bits per heavy atom. The van der Waals surface area contributed by atoms with Crippen molar-refractivity contribution in [3.05, 3.63) is 42.7 Å². The lowest BCUT2D eigenvalue weighted by Gasteiger charge is -2.23. The third-order valence-electron chi connectivity index (χ3n) is 3.56. The summed E-state index contributed by atoms with van der Waals surface area (Å²) >= 11 is 0. The molecule has 1 aliphatic heterocycles. The number of hydrogen-bond donors (Lipinski definition) is 1. The van der Waals surface area contributed by atoms with E-state index in [4.69, 9.17) is 0 Å². The van der Waals surface area contributed by atoms with E-state index in [-0.39, 0.29) is 0 Å². The van der Waals surface area contributed by atoms with Gasteiger partial charge in [0.25, 0.3) is 0 Å². The Morgan fingerprint density at radius 1 is 1.17 bits per heavy atom. The first-order chi connectivity index (χ1) is 8.92. The fourth-order valence-corrected chi connectivity index (χ4v) is 2.55. The molecule has 3 heteroatoms. The van der Waals surface area contributed by atoms with Gasteiger partial charge in [-0.3, -0.25) is 4.68 Å². The summed E-state index contributed by atoms with van der Waals surface area (Å²) in [6.45, 7) is 2.13. The molecule has 0 spiro atoms. The second kappa shape index (κ2) is 5.36. The predicted octanol–water partition coefficient (Wildman–Crippen LogP) is 2.69. The van der Waals surface area contributed by atoms with E-state index >= 15 is 0 Å². The smallest absolute Gasteiger partial charge is 0.0568 e. The highest BCUT2D eigenvalue weighted by molar-refractivity contribution is 5.61. The van der Waals surface area contributed by atoms with Crippen molar-refractivity contribution in [1.29, 1.82) is 0 Å². The number of nitrogens with one attached hydrogen (secondary N) is 1. The Morgan fingerprint density at radius 3 is 2.83 bits per heavy atom. The van der Waals surface area contributed by atoms with Crippen LogP contribution in [0.1, 0.15) is 19.3 Å². The van der Waals surface area contributed by atoms with Gasteiger partial charge in [-0.1, -0.05) is 36.8 Å². The van der Waals surface area contributed by atoms with E-state index in [0.717, 1.165) is 13.1 Å². The lowest BCUT2D eigenvalue weighted by molar-refractivity contribution is 0.351. The third kappa shape index (κ3) is 2.62. The van der Waals surface area contributed by atoms with Crippen molar-refractivity contribution in [3.8, 4) is 11.1 Å². The van der Waals surface area contributed by atoms with Crippen LogP contribution in [0.5, 0.6) is 0 Å². The fraction of sp³-hybridized carbons (Fsp3) is 0.400. The highest BCUT2D eigenvalue weighted by atomic mass is 15.3. The molecular weight excluding hydrogens is 222 g/mol. The van der Waals surface area contributed by atoms with Crippen LogP contribution in [-0.4, -0.2) is 22.4 Å². The lowest BCUT2D eigenvalue weighted by atomic mass is 10.1. The molecule has 1 N–H and O–H groups in total. The minimum absolute atomic E-state index is 0.585. The highest BCUT2D eigenvalue weighted by Gasteiger charge is 2.13. The van der Waals surface area contributed by atoms with Gasteiger partial charge in [-0.25, -0.2) is 0 Å². The molecule has 0 radical (unpaired) electrons. The van der Waals surface area contributed by atoms with Crippen molar-refractivity contribution in [2.75, 3.05) is 6.54 Å². The summed E-state index contributed by atoms with van der Waals surface area (Å²) < 4.78 is 2.06. The average molecular weight is 241 g/mol. The summed E-state index contributed by atoms with van der Waals surface area (Å²) in [4.78, 5) is 0. The molecule has 1 saturated heterocycles. The molecule has 2 aromatic rings. The van der Waals surface area contributed by atoms with Crippen molar-refractivity contribution in [3.63, 3.8) is 0 Å². The number of hydrogen-bond acceptors (Lipinski definition) is 2. The van der Waals surface area contributed by atoms with Crippen LogP contribution in [0.15, 0.2) is 42.7 Å². The van der Waals surface area contributed by atoms with E-state index in [1.165, 1.54) is 30.4 Å². The first kappa shape index (κ1) is 11.5. The molecule has 18 heavy (non-hydrogen) atoms. The van der Waals surface area contributed by atoms with Crippen LogP contribution in [0.25, 0.3) is 11.1 Å². The van der Waals surface area contributed by atoms with Crippen molar-refractivity contribution >= 4 is 0 Å². The molecule has 0 aliphatic carbocycles. The Bertz CT molecular complexity index is 483. The molecule has 1 fully saturated rings. The van der Waals surface area contributed by atoms with Crippen LogP contribution in [0.3, 0.4) is 0 Å². The maximum atomic E-state index is 4.46. The van der Waals surface area contributed by atoms with Crippen LogP contribution in [-0.2, 0) is 6.54 Å². The molecule has 1 aliphatic rings. The summed E-state index contributed by atoms with van der Waals surface area (Å²) in [6, 6.07) is 11.0. The maximum Gasteiger partial charge on any atom is 0.0568 e. The molecule has 3 nitrogen and oxygen atoms in total. The maximum absolute atomic E-state index is 4.46. The molecule has 1 atom stereocenters. The molecule has 0 bridgehead atoms. The van der Waals surface area contributed by atoms with Crippen molar-refractivity contribution in [2.24, 2.45) is 0 Å². The zero-order chi connectivity index (χ0) is 12.2. The molecule has 1 unspecified atom stereocenters. The molecule has 0 saturated carbocycles. The number of benzene rings is 1. The largest absolute Gasteiger partial charge is 0.312 e. The zero-order valence-corrected chi connectivity index (χ0v) is 10.5. The average Bonchev–Trinajstić information content (AvgIpc) is 2.89. The zero-order valence-electron chi connectivity index (χ0n) is 10.5. The number of piperidine rings is 1. The van der Waals surface area contributed by atoms with Crippen LogP contribution in [0, 0.1) is 0 Å². The van der Waals surface area contributed by atoms with Crippen LogP contribution in [0.2, 0.25) is 0 Å². The van der Waals surface area contributed by atoms with Crippen LogP contribution >= 0.6 is 0 Å². The van der Waals surface area contributed by atoms with Crippen molar-refractivity contribution in [2.45, 2.75) is 31.8 Å². The van der Waals surface area contributed by atoms with Gasteiger partial charge in [0.1, 0.15) is 0 Å². The first-order valence-corrected chi connectivity index (χ1v) is 6.73. The number of rotatable bonds is 3. The van der Waals surface area contributed by atoms with Gasteiger partial charge in [0.2, 0.25) is 0 Å². The van der Waals surface area contributed by atoms with Gasteiger partial charge in [0, 0.05) is 17.8 Å². The molecule has 0 amide bonds. The van der Waals surface area contributed by atoms with E-state index < -0.39 is 0 Å². The second-order valence-corrected chi connectivity index (χ2v) is 4.96. The van der Waals surface area contributed by atoms with E-state index in [1.54, 1.807) is 0 Å². The Balaban J connectivity index is 1.69. The molecule has 1 aromatic heterocycles. The minimum atomic E-state index is 0.585. The van der Waals surface area contributed by atoms with Gasteiger partial charge in [-0.2, -0.15) is 5.10 Å². The standard InChI is InChI=1S/C15H19N3/c1-2-6-13(7-3-1)14-10-17-18(11-14)12-15-8-4-5-9-16-15/h1-3,6-7,10-11,15-16H,4-5,8-9,12H2. The topological polar surface area (TPSA) is 29.9 Å². The Kier molecular flexibility index (Phi) is 3.42. The van der Waals surface area contributed by atoms with Crippen LogP contribution in [0.4, 0.5) is 0 Å². The SMILES string of the molecule is c1ccc(-c2cnn(CC3CCCCN3)c2)cc1. The van der Waals surface area contributed by atoms with Gasteiger partial charge < -0.3 is 5.32 Å². The summed E-state index contributed by atoms with van der Waals surface area (Å²) in [5.74, 6) is 0. The Labute approximate surface area is 108 Å². The van der Waals surface area contributed by atoms with E-state index in [1.807, 2.05) is 12.3 Å². The normalized spacial score (nSPS) is 19.9. The van der Waals surface area contributed by atoms with Gasteiger partial charge in [-0.15, -0.1) is 0 Å². The molecule has 3 rings (SSSR count). The molecule has 2 heterocycles. The number of aromatic nitrogens is 2. The lowest BCUT2D eigenvalue weighted by Crippen LogP contribution is -2.37. The summed E-state index contributed by atoms with van der Waals surface area (Å²) in [7, 11) is 0. The van der Waals surface area contributed by atoms with Crippen molar-refractivity contribution in [1.82, 2.24) is 15.1 Å². The first-order valence-electron chi connectivity index (χ1n) is 6.73. The number of nitrogens with zero attached hydrogens (tertiary/aromatic N) is 2. The van der Waals surface area contributed by atoms with E-state index in [2.05, 4.69) is 45.6 Å². The summed E-state index contributed by atoms with van der Waals surface area (Å²) in [5.41, 5.74) is 2.44. The summed E-state index contributed by atoms with van der Waals surface area (Å²) in [5, 5.41) is 8.02. The molecular formula is C15H19N3. The van der Waals surface area contributed by atoms with Gasteiger partial charge in [-0.05, 0) is 24.9 Å². The van der Waals surface area contributed by atoms with Crippen molar-refractivity contribution < 1.29 is 0 Å². The molecule has 94 valence electrons. The summed E-state index contributed by atoms with van der Waals surface area (Å²) in [6.07, 6.45) is 8.01. The van der Waals surface area contributed by atoms with Gasteiger partial charge in [0.05, 0.1) is 12.7 Å². The monoisotopic (exact) mass is 241 g/mol. The third-order valence-corrected chi connectivity index (χ3v) is 3.56. The fourth-order valence-electron chi connectivity index (χ4n) is 2.55. The van der Waals surface area contributed by atoms with Gasteiger partial charge >= 0.3 is 0 Å². The minimum Gasteiger partial charge on any atom is -0.312 e. The highest BCUT2D eigenvalue weighted by Crippen LogP contribution is 2.18.